The van der Waals surface area contributed by atoms with E-state index < -0.39 is 125 Å². The average molecular weight is 1730 g/mol. The van der Waals surface area contributed by atoms with Gasteiger partial charge in [0, 0.05) is 65.6 Å². The second-order valence-electron chi connectivity index (χ2n) is 33.4. The molecule has 10 atom stereocenters. The molecule has 0 unspecified atom stereocenters. The molecular weight excluding hydrogens is 1630 g/mol. The molecule has 13 aromatic carbocycles. The van der Waals surface area contributed by atoms with Gasteiger partial charge >= 0.3 is 47.8 Å². The van der Waals surface area contributed by atoms with E-state index >= 15 is 0 Å². The number of carbonyl (C=O) groups excluding carboxylic acids is 4. The summed E-state index contributed by atoms with van der Waals surface area (Å²) in [6.07, 6.45) is 1.23. The minimum Gasteiger partial charge on any atom is -0.508 e. The third kappa shape index (κ3) is 19.3. The molecule has 5 aliphatic rings. The molecule has 654 valence electrons. The Morgan fingerprint density at radius 2 is 0.636 bits per heavy atom. The molecule has 129 heavy (non-hydrogen) atoms. The number of carbonyl (C=O) groups is 8. The van der Waals surface area contributed by atoms with Crippen LogP contribution in [-0.2, 0) is 78.6 Å². The molecule has 0 radical (unpaired) electrons. The topological polar surface area (TPSA) is 313 Å². The maximum Gasteiger partial charge on any atom is 0.315 e. The number of aryl methyl sites for hydroxylation is 2. The number of ether oxygens (including phenoxy) is 6. The van der Waals surface area contributed by atoms with Gasteiger partial charge in [-0.2, -0.15) is 0 Å². The van der Waals surface area contributed by atoms with Gasteiger partial charge in [0.2, 0.25) is 0 Å². The molecule has 13 aromatic rings. The Hall–Kier alpha value is -14.9. The van der Waals surface area contributed by atoms with E-state index in [2.05, 4.69) is 12.1 Å². The van der Waals surface area contributed by atoms with E-state index in [1.54, 1.807) is 50.4 Å². The number of fused-ring (bicyclic) bond motifs is 2. The lowest BCUT2D eigenvalue weighted by atomic mass is 9.52. The Morgan fingerprint density at radius 1 is 0.302 bits per heavy atom. The molecule has 4 fully saturated rings. The molecule has 0 spiro atoms. The average Bonchev–Trinajstić information content (AvgIpc) is 0.796. The Kier molecular flexibility index (Phi) is 27.7. The van der Waals surface area contributed by atoms with Crippen molar-refractivity contribution in [2.45, 2.75) is 93.4 Å². The number of esters is 4. The van der Waals surface area contributed by atoms with Crippen molar-refractivity contribution >= 4 is 58.5 Å². The fourth-order valence-corrected chi connectivity index (χ4v) is 19.8. The summed E-state index contributed by atoms with van der Waals surface area (Å²) in [4.78, 5) is 103. The Labute approximate surface area is 747 Å². The molecule has 18 rings (SSSR count). The Bertz CT molecular complexity index is 5960. The number of carboxylic acids is 4. The van der Waals surface area contributed by atoms with Gasteiger partial charge in [-0.3, -0.25) is 38.4 Å². The van der Waals surface area contributed by atoms with E-state index in [1.807, 2.05) is 280 Å². The van der Waals surface area contributed by atoms with Crippen molar-refractivity contribution in [2.24, 2.45) is 47.3 Å². The number of methoxy groups -OCH3 is 2. The highest BCUT2D eigenvalue weighted by Crippen LogP contribution is 2.63. The number of benzene rings is 13. The van der Waals surface area contributed by atoms with Gasteiger partial charge in [0.1, 0.15) is 36.6 Å². The molecule has 0 amide bonds. The molecule has 0 aromatic heterocycles. The van der Waals surface area contributed by atoms with Crippen LogP contribution in [0.4, 0.5) is 0 Å². The first-order chi connectivity index (χ1) is 62.6. The first kappa shape index (κ1) is 88.9. The minimum atomic E-state index is -1.05. The highest BCUT2D eigenvalue weighted by molar-refractivity contribution is 5.93. The van der Waals surface area contributed by atoms with Gasteiger partial charge in [-0.05, 0) is 128 Å². The molecule has 5 aliphatic carbocycles. The van der Waals surface area contributed by atoms with Crippen molar-refractivity contribution in [3.63, 3.8) is 0 Å². The van der Waals surface area contributed by atoms with Gasteiger partial charge in [-0.15, -0.1) is 0 Å². The highest BCUT2D eigenvalue weighted by atomic mass is 16.6. The summed E-state index contributed by atoms with van der Waals surface area (Å²) >= 11 is 0. The van der Waals surface area contributed by atoms with Crippen LogP contribution in [-0.4, -0.2) is 98.7 Å². The third-order valence-electron chi connectivity index (χ3n) is 26.0. The molecule has 20 heteroatoms. The molecule has 20 nitrogen and oxygen atoms in total. The Balaban J connectivity index is 0.000000133. The normalized spacial score (nSPS) is 22.5. The monoisotopic (exact) mass is 1730 g/mol. The second-order valence-corrected chi connectivity index (χ2v) is 33.4. The first-order valence-electron chi connectivity index (χ1n) is 42.9. The zero-order chi connectivity index (χ0) is 90.5. The van der Waals surface area contributed by atoms with Crippen LogP contribution in [0, 0.1) is 61.2 Å². The predicted molar refractivity (Wildman–Crippen MR) is 484 cm³/mol. The fraction of sp³-hybridized carbons (Fsp3) is 0.229. The third-order valence-corrected chi connectivity index (χ3v) is 26.0. The van der Waals surface area contributed by atoms with E-state index in [0.717, 1.165) is 66.6 Å². The van der Waals surface area contributed by atoms with Gasteiger partial charge in [0.15, 0.2) is 11.5 Å². The summed E-state index contributed by atoms with van der Waals surface area (Å²) < 4.78 is 33.7. The molecule has 0 bridgehead atoms. The fourth-order valence-electron chi connectivity index (χ4n) is 19.8. The van der Waals surface area contributed by atoms with Crippen LogP contribution in [0.5, 0.6) is 28.7 Å². The zero-order valence-electron chi connectivity index (χ0n) is 71.3. The number of hydrogen-bond acceptors (Lipinski definition) is 16. The van der Waals surface area contributed by atoms with Crippen molar-refractivity contribution in [1.29, 1.82) is 0 Å². The summed E-state index contributed by atoms with van der Waals surface area (Å²) in [6.45, 7) is 4.03. The number of aromatic hydroxyl groups is 2. The maximum absolute atomic E-state index is 13.8. The summed E-state index contributed by atoms with van der Waals surface area (Å²) in [7, 11) is 3.00. The molecule has 4 saturated carbocycles. The molecular formula is C109H98O20. The van der Waals surface area contributed by atoms with Crippen LogP contribution in [0.25, 0.3) is 10.8 Å². The number of hydrogen-bond donors (Lipinski definition) is 6. The largest absolute Gasteiger partial charge is 0.508 e. The number of carboxylic acid groups (broad SMARTS) is 4. The predicted octanol–water partition coefficient (Wildman–Crippen LogP) is 19.5. The second kappa shape index (κ2) is 40.2. The van der Waals surface area contributed by atoms with Gasteiger partial charge in [0.25, 0.3) is 0 Å². The van der Waals surface area contributed by atoms with E-state index in [-0.39, 0.29) is 54.5 Å². The van der Waals surface area contributed by atoms with Crippen LogP contribution >= 0.6 is 0 Å². The van der Waals surface area contributed by atoms with Crippen LogP contribution in [0.15, 0.2) is 334 Å². The van der Waals surface area contributed by atoms with E-state index in [4.69, 9.17) is 28.4 Å². The molecule has 0 heterocycles. The lowest BCUT2D eigenvalue weighted by Crippen LogP contribution is -2.52. The Morgan fingerprint density at radius 3 is 1.02 bits per heavy atom. The number of phenolic OH excluding ortho intramolecular Hbond substituents is 2. The SMILES string of the molecule is COc1cc([C@@H]2[C@@H](C(=O)O)[C@@H](c3ccc(O)c(C)c3)[C@@H]2C(=O)Oc2cccc3ccccc23)ccc1O.COc1ccc(COC(=O)C2[C@@H](c3ccccc3)C(C(=O)O)[C@@H]2c2ccccc2)cc1.Cc1ccc(COC(=O)C2[C@H](c3ccccc3)C(C(=O)O)[C@H]2c2ccccc2)cc1.O=C(O)C1[C@@H](c2ccccc2)C(C(=O)OC2Cc3ccccc3C2)[C@@H]1c1ccccc1. The van der Waals surface area contributed by atoms with Crippen molar-refractivity contribution in [2.75, 3.05) is 14.2 Å². The van der Waals surface area contributed by atoms with E-state index in [9.17, 15) is 69.0 Å². The van der Waals surface area contributed by atoms with Crippen LogP contribution < -0.4 is 14.2 Å². The smallest absolute Gasteiger partial charge is 0.315 e. The van der Waals surface area contributed by atoms with Gasteiger partial charge < -0.3 is 59.1 Å². The molecule has 6 N–H and O–H groups in total. The zero-order valence-corrected chi connectivity index (χ0v) is 71.3. The van der Waals surface area contributed by atoms with E-state index in [1.165, 1.54) is 30.4 Å². The van der Waals surface area contributed by atoms with E-state index in [0.29, 0.717) is 35.3 Å². The van der Waals surface area contributed by atoms with Crippen LogP contribution in [0.3, 0.4) is 0 Å². The van der Waals surface area contributed by atoms with Crippen molar-refractivity contribution in [3.8, 4) is 28.7 Å². The maximum atomic E-state index is 13.8. The minimum absolute atomic E-state index is 0.0851. The molecule has 0 aliphatic heterocycles. The van der Waals surface area contributed by atoms with Crippen LogP contribution in [0.2, 0.25) is 0 Å². The van der Waals surface area contributed by atoms with Crippen molar-refractivity contribution in [3.05, 3.63) is 412 Å². The van der Waals surface area contributed by atoms with Crippen LogP contribution in [0.1, 0.15) is 125 Å². The standard InChI is InChI=1S/C30H26O7.C27H24O4.C26H24O5.C26H24O4/c1-16-14-18(10-12-21(16)31)25-27(29(33)34)26(19-11-13-22(32)24(15-19)36-2)28(25)30(35)37-23-9-5-7-17-6-3-4-8-20(17)23;28-26(29)24-22(17-9-3-1-4-10-17)25(23(24)18-11-5-2-6-12-18)27(30)31-21-15-19-13-7-8-14-20(19)16-21;1-30-20-14-12-17(13-15-20)16-31-26(29)24-21(18-8-4-2-5-9-18)23(25(27)28)22(24)19-10-6-3-7-11-19;1-17-12-14-18(15-13-17)16-30-26(29)24-21(19-8-4-2-5-9-19)23(25(27)28)22(24)20-10-6-3-7-11-20/h3-15,25-28,31-32H,1-2H3,(H,33,34);1-14,21-25H,15-16H2,(H,28,29);2-15,21-24H,16H2,1H3,(H,27,28);2-15,21-24H,16H2,1H3,(H,27,28)/t25-,26-,27+,28+;22-,23-,24?,25?;2*21-,22-,23?,24?/m1101/s1. The lowest BCUT2D eigenvalue weighted by molar-refractivity contribution is -0.169. The van der Waals surface area contributed by atoms with Gasteiger partial charge in [-0.1, -0.05) is 303 Å². The number of phenols is 2. The summed E-state index contributed by atoms with van der Waals surface area (Å²) in [5, 5.41) is 62.1. The summed E-state index contributed by atoms with van der Waals surface area (Å²) in [6, 6.07) is 102. The lowest BCUT2D eigenvalue weighted by Gasteiger charge is -2.49. The first-order valence-corrected chi connectivity index (χ1v) is 42.9. The van der Waals surface area contributed by atoms with Gasteiger partial charge in [-0.25, -0.2) is 0 Å². The number of rotatable bonds is 24. The quantitative estimate of drug-likeness (QED) is 0.0186. The van der Waals surface area contributed by atoms with Crippen molar-refractivity contribution in [1.82, 2.24) is 0 Å². The summed E-state index contributed by atoms with van der Waals surface area (Å²) in [5.74, 6) is -13.3. The number of aliphatic carboxylic acids is 4. The highest BCUT2D eigenvalue weighted by Gasteiger charge is 2.63. The molecule has 0 saturated heterocycles. The summed E-state index contributed by atoms with van der Waals surface area (Å²) in [5.41, 5.74) is 12.2. The van der Waals surface area contributed by atoms with Gasteiger partial charge in [0.05, 0.1) is 61.6 Å². The van der Waals surface area contributed by atoms with Crippen molar-refractivity contribution < 1.29 is 97.4 Å².